The maximum Gasteiger partial charge on any atom is 0.279 e. The molecule has 4 aromatic rings. The molecule has 3 aromatic heterocycles. The Hall–Kier alpha value is -3.53. The molecule has 0 fully saturated rings. The predicted octanol–water partition coefficient (Wildman–Crippen LogP) is 3.81. The monoisotopic (exact) mass is 413 g/mol. The van der Waals surface area contributed by atoms with Crippen LogP contribution in [0.15, 0.2) is 46.4 Å². The Bertz CT molecular complexity index is 1150. The summed E-state index contributed by atoms with van der Waals surface area (Å²) < 4.78 is 25.3. The van der Waals surface area contributed by atoms with E-state index in [2.05, 4.69) is 20.6 Å². The van der Waals surface area contributed by atoms with Gasteiger partial charge in [-0.1, -0.05) is 5.16 Å². The van der Waals surface area contributed by atoms with E-state index in [1.165, 1.54) is 41.7 Å². The smallest absolute Gasteiger partial charge is 0.279 e. The fraction of sp³-hybridized carbons (Fsp3) is 0.158. The number of hydrogen-bond donors (Lipinski definition) is 1. The fourth-order valence-corrected chi connectivity index (χ4v) is 3.25. The number of anilines is 1. The zero-order valence-electron chi connectivity index (χ0n) is 15.5. The van der Waals surface area contributed by atoms with Crippen LogP contribution in [-0.4, -0.2) is 25.8 Å². The maximum atomic E-state index is 12.9. The third-order valence-corrected chi connectivity index (χ3v) is 4.98. The maximum absolute atomic E-state index is 12.9. The van der Waals surface area contributed by atoms with Crippen LogP contribution >= 0.6 is 11.3 Å². The minimum atomic E-state index is -0.439. The van der Waals surface area contributed by atoms with Gasteiger partial charge in [0.25, 0.3) is 5.91 Å². The zero-order valence-corrected chi connectivity index (χ0v) is 16.4. The molecule has 1 aromatic carbocycles. The summed E-state index contributed by atoms with van der Waals surface area (Å²) in [7, 11) is 1.86. The summed E-state index contributed by atoms with van der Waals surface area (Å²) in [5.74, 6) is 0.0608. The normalized spacial score (nSPS) is 10.9. The largest absolute Gasteiger partial charge is 0.486 e. The van der Waals surface area contributed by atoms with Crippen LogP contribution in [0.4, 0.5) is 9.52 Å². The number of carbonyl (C=O) groups is 1. The van der Waals surface area contributed by atoms with Crippen LogP contribution in [0.25, 0.3) is 11.3 Å². The Morgan fingerprint density at radius 2 is 2.14 bits per heavy atom. The first-order valence-corrected chi connectivity index (χ1v) is 9.47. The Morgan fingerprint density at radius 1 is 1.34 bits per heavy atom. The van der Waals surface area contributed by atoms with Crippen LogP contribution in [0.1, 0.15) is 21.9 Å². The molecule has 29 heavy (non-hydrogen) atoms. The van der Waals surface area contributed by atoms with Gasteiger partial charge >= 0.3 is 0 Å². The molecule has 0 aliphatic carbocycles. The van der Waals surface area contributed by atoms with Gasteiger partial charge in [-0.3, -0.25) is 14.8 Å². The first-order valence-electron chi connectivity index (χ1n) is 8.59. The highest BCUT2D eigenvalue weighted by atomic mass is 32.1. The molecule has 8 nitrogen and oxygen atoms in total. The molecule has 0 atom stereocenters. The summed E-state index contributed by atoms with van der Waals surface area (Å²) in [4.78, 5) is 16.8. The molecular formula is C19H16FN5O3S. The number of hydrogen-bond acceptors (Lipinski definition) is 7. The molecule has 0 saturated heterocycles. The summed E-state index contributed by atoms with van der Waals surface area (Å²) in [5, 5.41) is 13.0. The third-order valence-electron chi connectivity index (χ3n) is 4.22. The zero-order chi connectivity index (χ0) is 20.4. The molecule has 0 aliphatic heterocycles. The van der Waals surface area contributed by atoms with Crippen LogP contribution in [0.3, 0.4) is 0 Å². The van der Waals surface area contributed by atoms with Crippen LogP contribution in [0, 0.1) is 12.7 Å². The van der Waals surface area contributed by atoms with Crippen molar-refractivity contribution in [1.82, 2.24) is 19.9 Å². The summed E-state index contributed by atoms with van der Waals surface area (Å²) >= 11 is 1.31. The van der Waals surface area contributed by atoms with E-state index in [0.717, 1.165) is 17.0 Å². The van der Waals surface area contributed by atoms with E-state index >= 15 is 0 Å². The van der Waals surface area contributed by atoms with Gasteiger partial charge in [-0.2, -0.15) is 5.10 Å². The van der Waals surface area contributed by atoms with E-state index < -0.39 is 5.91 Å². The van der Waals surface area contributed by atoms with Crippen LogP contribution in [0.5, 0.6) is 5.75 Å². The van der Waals surface area contributed by atoms with Crippen LogP contribution in [0.2, 0.25) is 0 Å². The molecule has 0 radical (unpaired) electrons. The minimum Gasteiger partial charge on any atom is -0.486 e. The van der Waals surface area contributed by atoms with Crippen molar-refractivity contribution in [2.24, 2.45) is 7.05 Å². The minimum absolute atomic E-state index is 0.0631. The molecular weight excluding hydrogens is 397 g/mol. The lowest BCUT2D eigenvalue weighted by Gasteiger charge is -2.02. The predicted molar refractivity (Wildman–Crippen MR) is 104 cm³/mol. The number of carbonyl (C=O) groups excluding carboxylic acids is 1. The van der Waals surface area contributed by atoms with Crippen molar-refractivity contribution in [1.29, 1.82) is 0 Å². The third kappa shape index (κ3) is 4.16. The number of amides is 1. The number of ether oxygens (including phenoxy) is 1. The van der Waals surface area contributed by atoms with E-state index in [-0.39, 0.29) is 18.1 Å². The molecule has 1 amide bonds. The van der Waals surface area contributed by atoms with Crippen molar-refractivity contribution in [3.63, 3.8) is 0 Å². The first-order chi connectivity index (χ1) is 14.0. The van der Waals surface area contributed by atoms with Gasteiger partial charge in [0, 0.05) is 29.8 Å². The molecule has 0 bridgehead atoms. The van der Waals surface area contributed by atoms with E-state index in [1.54, 1.807) is 10.9 Å². The summed E-state index contributed by atoms with van der Waals surface area (Å²) in [6.45, 7) is 2.01. The van der Waals surface area contributed by atoms with Crippen molar-refractivity contribution >= 4 is 22.4 Å². The lowest BCUT2D eigenvalue weighted by atomic mass is 10.2. The second-order valence-electron chi connectivity index (χ2n) is 6.18. The number of nitrogens with zero attached hydrogens (tertiary/aromatic N) is 4. The summed E-state index contributed by atoms with van der Waals surface area (Å²) in [6.07, 6.45) is 1.74. The van der Waals surface area contributed by atoms with E-state index in [0.29, 0.717) is 16.6 Å². The van der Waals surface area contributed by atoms with Gasteiger partial charge in [-0.25, -0.2) is 9.37 Å². The van der Waals surface area contributed by atoms with E-state index in [1.807, 2.05) is 19.4 Å². The van der Waals surface area contributed by atoms with Crippen LogP contribution < -0.4 is 10.1 Å². The lowest BCUT2D eigenvalue weighted by molar-refractivity contribution is 0.101. The number of thiazole rings is 1. The van der Waals surface area contributed by atoms with E-state index in [4.69, 9.17) is 9.26 Å². The number of aryl methyl sites for hydroxylation is 1. The van der Waals surface area contributed by atoms with Gasteiger partial charge in [0.1, 0.15) is 18.2 Å². The van der Waals surface area contributed by atoms with Gasteiger partial charge in [-0.05, 0) is 31.2 Å². The highest BCUT2D eigenvalue weighted by Gasteiger charge is 2.16. The molecule has 10 heteroatoms. The molecule has 1 N–H and O–H groups in total. The molecule has 3 heterocycles. The van der Waals surface area contributed by atoms with Gasteiger partial charge in [0.15, 0.2) is 16.6 Å². The van der Waals surface area contributed by atoms with Crippen LogP contribution in [-0.2, 0) is 13.7 Å². The highest BCUT2D eigenvalue weighted by molar-refractivity contribution is 7.14. The van der Waals surface area contributed by atoms with Gasteiger partial charge in [0.05, 0.1) is 11.9 Å². The molecule has 0 saturated carbocycles. The Morgan fingerprint density at radius 3 is 2.86 bits per heavy atom. The van der Waals surface area contributed by atoms with Gasteiger partial charge < -0.3 is 9.26 Å². The van der Waals surface area contributed by atoms with Crippen molar-refractivity contribution in [3.05, 3.63) is 64.9 Å². The quantitative estimate of drug-likeness (QED) is 0.516. The Balaban J connectivity index is 1.38. The number of benzene rings is 1. The SMILES string of the molecule is Cc1c(-c2csc(NC(=O)c3cc(COc4ccc(F)cc4)on3)n2)cnn1C. The highest BCUT2D eigenvalue weighted by Crippen LogP contribution is 2.27. The topological polar surface area (TPSA) is 95.1 Å². The standard InChI is InChI=1S/C19H16FN5O3S/c1-11-15(8-21-25(11)2)17-10-29-19(22-17)23-18(26)16-7-14(28-24-16)9-27-13-5-3-12(20)4-6-13/h3-8,10H,9H2,1-2H3,(H,22,23,26). The van der Waals surface area contributed by atoms with Crippen molar-refractivity contribution in [3.8, 4) is 17.0 Å². The second kappa shape index (κ2) is 7.84. The molecule has 0 unspecified atom stereocenters. The Labute approximate surface area is 168 Å². The average molecular weight is 413 g/mol. The molecule has 0 spiro atoms. The molecule has 4 rings (SSSR count). The fourth-order valence-electron chi connectivity index (χ4n) is 2.54. The lowest BCUT2D eigenvalue weighted by Crippen LogP contribution is -2.12. The molecule has 148 valence electrons. The van der Waals surface area contributed by atoms with E-state index in [9.17, 15) is 9.18 Å². The summed E-state index contributed by atoms with van der Waals surface area (Å²) in [5.41, 5.74) is 2.74. The average Bonchev–Trinajstić information content (AvgIpc) is 3.43. The number of aromatic nitrogens is 4. The summed E-state index contributed by atoms with van der Waals surface area (Å²) in [6, 6.07) is 7.08. The number of rotatable bonds is 6. The number of nitrogens with one attached hydrogen (secondary N) is 1. The number of halogens is 1. The van der Waals surface area contributed by atoms with Crippen molar-refractivity contribution < 1.29 is 18.4 Å². The molecule has 0 aliphatic rings. The van der Waals surface area contributed by atoms with Gasteiger partial charge in [0.2, 0.25) is 0 Å². The second-order valence-corrected chi connectivity index (χ2v) is 7.04. The van der Waals surface area contributed by atoms with Crippen molar-refractivity contribution in [2.75, 3.05) is 5.32 Å². The van der Waals surface area contributed by atoms with Gasteiger partial charge in [-0.15, -0.1) is 11.3 Å². The first kappa shape index (κ1) is 18.8. The van der Waals surface area contributed by atoms with Crippen molar-refractivity contribution in [2.45, 2.75) is 13.5 Å². The Kier molecular flexibility index (Phi) is 5.09.